The first-order valence-electron chi connectivity index (χ1n) is 6.46. The lowest BCUT2D eigenvalue weighted by atomic mass is 10.0. The van der Waals surface area contributed by atoms with Gasteiger partial charge in [-0.1, -0.05) is 18.5 Å². The van der Waals surface area contributed by atoms with Crippen LogP contribution in [0.2, 0.25) is 5.02 Å². The monoisotopic (exact) mass is 269 g/mol. The number of hydrogen-bond donors (Lipinski definition) is 0. The van der Waals surface area contributed by atoms with E-state index in [9.17, 15) is 4.79 Å². The van der Waals surface area contributed by atoms with Crippen LogP contribution in [0.3, 0.4) is 0 Å². The molecular formula is C13H20ClN3O. The van der Waals surface area contributed by atoms with Gasteiger partial charge in [-0.3, -0.25) is 9.48 Å². The number of amides is 1. The van der Waals surface area contributed by atoms with E-state index in [0.29, 0.717) is 17.5 Å². The van der Waals surface area contributed by atoms with Crippen LogP contribution in [0.15, 0.2) is 0 Å². The molecular weight excluding hydrogens is 250 g/mol. The molecule has 1 amide bonds. The molecule has 2 rings (SSSR count). The van der Waals surface area contributed by atoms with Gasteiger partial charge in [-0.05, 0) is 32.6 Å². The Hall–Kier alpha value is -1.03. The molecule has 5 heteroatoms. The van der Waals surface area contributed by atoms with Crippen LogP contribution >= 0.6 is 11.6 Å². The van der Waals surface area contributed by atoms with E-state index in [1.165, 1.54) is 6.42 Å². The minimum absolute atomic E-state index is 0.142. The number of piperidine rings is 1. The highest BCUT2D eigenvalue weighted by Crippen LogP contribution is 2.20. The van der Waals surface area contributed by atoms with Gasteiger partial charge in [-0.25, -0.2) is 0 Å². The van der Waals surface area contributed by atoms with Crippen LogP contribution in [0.1, 0.15) is 31.2 Å². The van der Waals surface area contributed by atoms with E-state index >= 15 is 0 Å². The lowest BCUT2D eigenvalue weighted by molar-refractivity contribution is -0.133. The standard InChI is InChI=1S/C13H20ClN3O/c1-9-5-4-6-16(7-9)12(18)8-17-11(3)13(14)10(2)15-17/h9H,4-8H2,1-3H3. The van der Waals surface area contributed by atoms with Crippen molar-refractivity contribution in [2.24, 2.45) is 5.92 Å². The van der Waals surface area contributed by atoms with Crippen molar-refractivity contribution in [1.82, 2.24) is 14.7 Å². The fraction of sp³-hybridized carbons (Fsp3) is 0.692. The number of aromatic nitrogens is 2. The Labute approximate surface area is 113 Å². The molecule has 18 heavy (non-hydrogen) atoms. The van der Waals surface area contributed by atoms with E-state index in [1.807, 2.05) is 18.7 Å². The average Bonchev–Trinajstić information content (AvgIpc) is 2.57. The van der Waals surface area contributed by atoms with Crippen LogP contribution in [-0.2, 0) is 11.3 Å². The number of carbonyl (C=O) groups is 1. The van der Waals surface area contributed by atoms with Gasteiger partial charge >= 0.3 is 0 Å². The molecule has 100 valence electrons. The van der Waals surface area contributed by atoms with Gasteiger partial charge in [-0.2, -0.15) is 5.10 Å². The molecule has 1 aliphatic heterocycles. The third-order valence-electron chi connectivity index (χ3n) is 3.59. The van der Waals surface area contributed by atoms with E-state index in [0.717, 1.165) is 30.9 Å². The van der Waals surface area contributed by atoms with Gasteiger partial charge in [0.05, 0.1) is 16.4 Å². The molecule has 2 heterocycles. The Balaban J connectivity index is 2.04. The van der Waals surface area contributed by atoms with Crippen LogP contribution in [0.5, 0.6) is 0 Å². The largest absolute Gasteiger partial charge is 0.341 e. The SMILES string of the molecule is Cc1nn(CC(=O)N2CCCC(C)C2)c(C)c1Cl. The first-order chi connectivity index (χ1) is 8.49. The number of carbonyl (C=O) groups excluding carboxylic acids is 1. The topological polar surface area (TPSA) is 38.1 Å². The Kier molecular flexibility index (Phi) is 3.95. The summed E-state index contributed by atoms with van der Waals surface area (Å²) in [5.74, 6) is 0.746. The molecule has 1 aromatic rings. The highest BCUT2D eigenvalue weighted by molar-refractivity contribution is 6.31. The zero-order chi connectivity index (χ0) is 13.3. The fourth-order valence-corrected chi connectivity index (χ4v) is 2.61. The summed E-state index contributed by atoms with van der Waals surface area (Å²) in [7, 11) is 0. The third-order valence-corrected chi connectivity index (χ3v) is 4.13. The van der Waals surface area contributed by atoms with Crippen molar-refractivity contribution in [1.29, 1.82) is 0 Å². The predicted octanol–water partition coefficient (Wildman–Crippen LogP) is 2.41. The molecule has 1 unspecified atom stereocenters. The molecule has 0 aliphatic carbocycles. The predicted molar refractivity (Wildman–Crippen MR) is 71.7 cm³/mol. The third kappa shape index (κ3) is 2.69. The zero-order valence-electron chi connectivity index (χ0n) is 11.2. The highest BCUT2D eigenvalue weighted by atomic mass is 35.5. The molecule has 0 aromatic carbocycles. The number of aryl methyl sites for hydroxylation is 1. The van der Waals surface area contributed by atoms with Gasteiger partial charge in [0, 0.05) is 13.1 Å². The van der Waals surface area contributed by atoms with Crippen LogP contribution in [0.25, 0.3) is 0 Å². The maximum Gasteiger partial charge on any atom is 0.244 e. The average molecular weight is 270 g/mol. The summed E-state index contributed by atoms with van der Waals surface area (Å²) in [5.41, 5.74) is 1.65. The van der Waals surface area contributed by atoms with Crippen molar-refractivity contribution in [3.8, 4) is 0 Å². The van der Waals surface area contributed by atoms with E-state index in [4.69, 9.17) is 11.6 Å². The number of likely N-dealkylation sites (tertiary alicyclic amines) is 1. The molecule has 1 aromatic heterocycles. The van der Waals surface area contributed by atoms with E-state index < -0.39 is 0 Å². The van der Waals surface area contributed by atoms with E-state index in [1.54, 1.807) is 4.68 Å². The lowest BCUT2D eigenvalue weighted by Crippen LogP contribution is -2.41. The van der Waals surface area contributed by atoms with E-state index in [-0.39, 0.29) is 5.91 Å². The van der Waals surface area contributed by atoms with Crippen molar-refractivity contribution in [3.63, 3.8) is 0 Å². The van der Waals surface area contributed by atoms with Gasteiger partial charge in [0.15, 0.2) is 0 Å². The molecule has 0 saturated carbocycles. The number of halogens is 1. The smallest absolute Gasteiger partial charge is 0.244 e. The minimum atomic E-state index is 0.142. The van der Waals surface area contributed by atoms with E-state index in [2.05, 4.69) is 12.0 Å². The molecule has 0 spiro atoms. The fourth-order valence-electron chi connectivity index (χ4n) is 2.47. The second kappa shape index (κ2) is 5.31. The number of hydrogen-bond acceptors (Lipinski definition) is 2. The van der Waals surface area contributed by atoms with Gasteiger partial charge in [0.2, 0.25) is 5.91 Å². The molecule has 0 bridgehead atoms. The quantitative estimate of drug-likeness (QED) is 0.827. The van der Waals surface area contributed by atoms with Crippen molar-refractivity contribution in [3.05, 3.63) is 16.4 Å². The summed E-state index contributed by atoms with van der Waals surface area (Å²) in [6.07, 6.45) is 2.32. The maximum absolute atomic E-state index is 12.2. The summed E-state index contributed by atoms with van der Waals surface area (Å²) in [5, 5.41) is 4.96. The molecule has 1 aliphatic rings. The maximum atomic E-state index is 12.2. The second-order valence-corrected chi connectivity index (χ2v) is 5.61. The normalized spacial score (nSPS) is 20.2. The highest BCUT2D eigenvalue weighted by Gasteiger charge is 2.22. The summed E-state index contributed by atoms with van der Waals surface area (Å²) < 4.78 is 1.71. The Morgan fingerprint density at radius 3 is 2.78 bits per heavy atom. The van der Waals surface area contributed by atoms with Crippen LogP contribution in [-0.4, -0.2) is 33.7 Å². The van der Waals surface area contributed by atoms with Crippen molar-refractivity contribution in [2.75, 3.05) is 13.1 Å². The van der Waals surface area contributed by atoms with Gasteiger partial charge in [-0.15, -0.1) is 0 Å². The number of rotatable bonds is 2. The van der Waals surface area contributed by atoms with Gasteiger partial charge in [0.1, 0.15) is 6.54 Å². The summed E-state index contributed by atoms with van der Waals surface area (Å²) in [6.45, 7) is 7.99. The molecule has 1 saturated heterocycles. The summed E-state index contributed by atoms with van der Waals surface area (Å²) in [6, 6.07) is 0. The lowest BCUT2D eigenvalue weighted by Gasteiger charge is -2.31. The Morgan fingerprint density at radius 2 is 2.22 bits per heavy atom. The van der Waals surface area contributed by atoms with Gasteiger partial charge < -0.3 is 4.90 Å². The first kappa shape index (κ1) is 13.4. The van der Waals surface area contributed by atoms with Crippen LogP contribution < -0.4 is 0 Å². The second-order valence-electron chi connectivity index (χ2n) is 5.23. The minimum Gasteiger partial charge on any atom is -0.341 e. The zero-order valence-corrected chi connectivity index (χ0v) is 12.0. The van der Waals surface area contributed by atoms with Crippen molar-refractivity contribution < 1.29 is 4.79 Å². The molecule has 1 fully saturated rings. The molecule has 4 nitrogen and oxygen atoms in total. The van der Waals surface area contributed by atoms with Crippen LogP contribution in [0, 0.1) is 19.8 Å². The van der Waals surface area contributed by atoms with Crippen molar-refractivity contribution >= 4 is 17.5 Å². The summed E-state index contributed by atoms with van der Waals surface area (Å²) in [4.78, 5) is 14.2. The first-order valence-corrected chi connectivity index (χ1v) is 6.84. The molecule has 0 radical (unpaired) electrons. The van der Waals surface area contributed by atoms with Gasteiger partial charge in [0.25, 0.3) is 0 Å². The van der Waals surface area contributed by atoms with Crippen molar-refractivity contribution in [2.45, 2.75) is 40.2 Å². The van der Waals surface area contributed by atoms with Crippen LogP contribution in [0.4, 0.5) is 0 Å². The summed E-state index contributed by atoms with van der Waals surface area (Å²) >= 11 is 6.08. The Morgan fingerprint density at radius 1 is 1.50 bits per heavy atom. The Bertz CT molecular complexity index is 455. The number of nitrogens with zero attached hydrogens (tertiary/aromatic N) is 3. The molecule has 1 atom stereocenters. The molecule has 0 N–H and O–H groups in total.